The minimum atomic E-state index is -1.09. The van der Waals surface area contributed by atoms with E-state index in [1.807, 2.05) is 54.6 Å². The van der Waals surface area contributed by atoms with Gasteiger partial charge in [-0.3, -0.25) is 4.79 Å². The first kappa shape index (κ1) is 19.3. The normalized spacial score (nSPS) is 16.6. The molecule has 0 radical (unpaired) electrons. The van der Waals surface area contributed by atoms with Gasteiger partial charge >= 0.3 is 0 Å². The summed E-state index contributed by atoms with van der Waals surface area (Å²) in [6, 6.07) is 16.9. The van der Waals surface area contributed by atoms with Crippen molar-refractivity contribution in [2.24, 2.45) is 5.73 Å². The molecule has 1 saturated carbocycles. The fraction of sp³-hybridized carbons (Fsp3) is 0.350. The molecular formula is C20H25ClN2O2. The van der Waals surface area contributed by atoms with Crippen LogP contribution in [0.1, 0.15) is 38.2 Å². The van der Waals surface area contributed by atoms with Crippen LogP contribution in [-0.2, 0) is 10.3 Å². The van der Waals surface area contributed by atoms with Crippen molar-refractivity contribution in [1.29, 1.82) is 0 Å². The number of anilines is 1. The maximum atomic E-state index is 12.6. The molecule has 1 fully saturated rings. The average Bonchev–Trinajstić information content (AvgIpc) is 3.09. The molecule has 1 atom stereocenters. The van der Waals surface area contributed by atoms with E-state index in [0.29, 0.717) is 11.8 Å². The molecule has 25 heavy (non-hydrogen) atoms. The van der Waals surface area contributed by atoms with Crippen LogP contribution in [0.15, 0.2) is 54.6 Å². The summed E-state index contributed by atoms with van der Waals surface area (Å²) >= 11 is 0. The van der Waals surface area contributed by atoms with Gasteiger partial charge in [0, 0.05) is 11.8 Å². The second-order valence-corrected chi connectivity index (χ2v) is 6.57. The number of nitrogens with one attached hydrogen (secondary N) is 1. The number of rotatable bonds is 5. The van der Waals surface area contributed by atoms with E-state index in [2.05, 4.69) is 5.32 Å². The molecule has 2 aromatic carbocycles. The highest BCUT2D eigenvalue weighted by Crippen LogP contribution is 2.26. The van der Waals surface area contributed by atoms with Crippen LogP contribution >= 0.6 is 12.4 Å². The van der Waals surface area contributed by atoms with E-state index in [1.165, 1.54) is 12.8 Å². The first-order valence-corrected chi connectivity index (χ1v) is 8.48. The Morgan fingerprint density at radius 2 is 1.80 bits per heavy atom. The van der Waals surface area contributed by atoms with Crippen LogP contribution in [-0.4, -0.2) is 12.0 Å². The van der Waals surface area contributed by atoms with Crippen molar-refractivity contribution >= 4 is 24.0 Å². The monoisotopic (exact) mass is 360 g/mol. The average molecular weight is 361 g/mol. The van der Waals surface area contributed by atoms with Crippen LogP contribution < -0.4 is 15.8 Å². The van der Waals surface area contributed by atoms with Crippen molar-refractivity contribution in [1.82, 2.24) is 0 Å². The topological polar surface area (TPSA) is 64.4 Å². The molecule has 0 saturated heterocycles. The highest BCUT2D eigenvalue weighted by molar-refractivity contribution is 5.98. The number of halogens is 1. The first-order valence-electron chi connectivity index (χ1n) is 8.48. The molecule has 2 aromatic rings. The third-order valence-electron chi connectivity index (χ3n) is 4.54. The minimum absolute atomic E-state index is 0. The molecule has 0 heterocycles. The maximum Gasteiger partial charge on any atom is 0.248 e. The fourth-order valence-electron chi connectivity index (χ4n) is 3.02. The molecule has 134 valence electrons. The van der Waals surface area contributed by atoms with Crippen molar-refractivity contribution in [2.45, 2.75) is 44.2 Å². The molecule has 1 aliphatic rings. The standard InChI is InChI=1S/C20H24N2O2.ClH/c1-20(21,15-8-3-2-4-9-15)19(23)22-16-10-7-13-18(14-16)24-17-11-5-6-12-17;/h2-4,7-10,13-14,17H,5-6,11-12,21H2,1H3,(H,22,23);1H. The predicted octanol–water partition coefficient (Wildman–Crippen LogP) is 4.24. The van der Waals surface area contributed by atoms with Gasteiger partial charge in [0.1, 0.15) is 11.3 Å². The van der Waals surface area contributed by atoms with Crippen LogP contribution in [0.5, 0.6) is 5.75 Å². The number of hydrogen-bond donors (Lipinski definition) is 2. The predicted molar refractivity (Wildman–Crippen MR) is 103 cm³/mol. The summed E-state index contributed by atoms with van der Waals surface area (Å²) in [6.07, 6.45) is 4.95. The first-order chi connectivity index (χ1) is 11.6. The quantitative estimate of drug-likeness (QED) is 0.838. The zero-order chi connectivity index (χ0) is 17.0. The third-order valence-corrected chi connectivity index (χ3v) is 4.54. The highest BCUT2D eigenvalue weighted by Gasteiger charge is 2.30. The minimum Gasteiger partial charge on any atom is -0.490 e. The van der Waals surface area contributed by atoms with Gasteiger partial charge in [0.25, 0.3) is 0 Å². The van der Waals surface area contributed by atoms with Crippen molar-refractivity contribution < 1.29 is 9.53 Å². The second kappa shape index (κ2) is 8.37. The second-order valence-electron chi connectivity index (χ2n) is 6.57. The molecule has 0 bridgehead atoms. The van der Waals surface area contributed by atoms with Crippen LogP contribution in [0, 0.1) is 0 Å². The van der Waals surface area contributed by atoms with Gasteiger partial charge < -0.3 is 15.8 Å². The number of hydrogen-bond acceptors (Lipinski definition) is 3. The van der Waals surface area contributed by atoms with Crippen molar-refractivity contribution in [3.8, 4) is 5.75 Å². The molecule has 3 N–H and O–H groups in total. The van der Waals surface area contributed by atoms with Crippen molar-refractivity contribution in [3.05, 3.63) is 60.2 Å². The van der Waals surface area contributed by atoms with Crippen LogP contribution in [0.2, 0.25) is 0 Å². The Kier molecular flexibility index (Phi) is 6.45. The van der Waals surface area contributed by atoms with Gasteiger partial charge in [-0.25, -0.2) is 0 Å². The van der Waals surface area contributed by atoms with E-state index < -0.39 is 5.54 Å². The molecule has 1 aliphatic carbocycles. The van der Waals surface area contributed by atoms with Crippen molar-refractivity contribution in [2.75, 3.05) is 5.32 Å². The molecular weight excluding hydrogens is 336 g/mol. The van der Waals surface area contributed by atoms with Crippen LogP contribution in [0.4, 0.5) is 5.69 Å². The van der Waals surface area contributed by atoms with E-state index in [-0.39, 0.29) is 18.3 Å². The van der Waals surface area contributed by atoms with E-state index in [0.717, 1.165) is 24.2 Å². The SMILES string of the molecule is CC(N)(C(=O)Nc1cccc(OC2CCCC2)c1)c1ccccc1.Cl. The lowest BCUT2D eigenvalue weighted by atomic mass is 9.92. The number of nitrogens with two attached hydrogens (primary N) is 1. The Hall–Kier alpha value is -2.04. The van der Waals surface area contributed by atoms with E-state index >= 15 is 0 Å². The lowest BCUT2D eigenvalue weighted by molar-refractivity contribution is -0.120. The van der Waals surface area contributed by atoms with Gasteiger partial charge in [-0.1, -0.05) is 36.4 Å². The number of carbonyl (C=O) groups excluding carboxylic acids is 1. The third kappa shape index (κ3) is 4.74. The molecule has 1 amide bonds. The van der Waals surface area contributed by atoms with Crippen LogP contribution in [0.25, 0.3) is 0 Å². The van der Waals surface area contributed by atoms with E-state index in [9.17, 15) is 4.79 Å². The molecule has 5 heteroatoms. The largest absolute Gasteiger partial charge is 0.490 e. The van der Waals surface area contributed by atoms with Gasteiger partial charge in [0.15, 0.2) is 0 Å². The molecule has 0 aliphatic heterocycles. The Bertz CT molecular complexity index is 698. The van der Waals surface area contributed by atoms with Gasteiger partial charge in [0.2, 0.25) is 5.91 Å². The van der Waals surface area contributed by atoms with Crippen molar-refractivity contribution in [3.63, 3.8) is 0 Å². The summed E-state index contributed by atoms with van der Waals surface area (Å²) in [6.45, 7) is 1.72. The van der Waals surface area contributed by atoms with Gasteiger partial charge in [-0.15, -0.1) is 12.4 Å². The summed E-state index contributed by atoms with van der Waals surface area (Å²) in [5, 5.41) is 2.90. The maximum absolute atomic E-state index is 12.6. The molecule has 1 unspecified atom stereocenters. The molecule has 0 aromatic heterocycles. The Morgan fingerprint density at radius 1 is 1.12 bits per heavy atom. The summed E-state index contributed by atoms with van der Waals surface area (Å²) in [4.78, 5) is 12.6. The molecule has 3 rings (SSSR count). The summed E-state index contributed by atoms with van der Waals surface area (Å²) < 4.78 is 5.99. The lowest BCUT2D eigenvalue weighted by Crippen LogP contribution is -2.45. The van der Waals surface area contributed by atoms with Gasteiger partial charge in [-0.05, 0) is 50.3 Å². The highest BCUT2D eigenvalue weighted by atomic mass is 35.5. The summed E-state index contributed by atoms with van der Waals surface area (Å²) in [7, 11) is 0. The Balaban J connectivity index is 0.00000225. The van der Waals surface area contributed by atoms with Crippen LogP contribution in [0.3, 0.4) is 0 Å². The Labute approximate surface area is 155 Å². The van der Waals surface area contributed by atoms with Gasteiger partial charge in [0.05, 0.1) is 6.10 Å². The number of carbonyl (C=O) groups is 1. The summed E-state index contributed by atoms with van der Waals surface area (Å²) in [5.74, 6) is 0.546. The van der Waals surface area contributed by atoms with E-state index in [1.54, 1.807) is 6.92 Å². The zero-order valence-electron chi connectivity index (χ0n) is 14.4. The molecule has 0 spiro atoms. The molecule has 4 nitrogen and oxygen atoms in total. The van der Waals surface area contributed by atoms with E-state index in [4.69, 9.17) is 10.5 Å². The van der Waals surface area contributed by atoms with Gasteiger partial charge in [-0.2, -0.15) is 0 Å². The Morgan fingerprint density at radius 3 is 2.48 bits per heavy atom. The fourth-order valence-corrected chi connectivity index (χ4v) is 3.02. The zero-order valence-corrected chi connectivity index (χ0v) is 15.2. The lowest BCUT2D eigenvalue weighted by Gasteiger charge is -2.24. The number of amides is 1. The number of ether oxygens (including phenoxy) is 1. The smallest absolute Gasteiger partial charge is 0.248 e. The number of benzene rings is 2. The summed E-state index contributed by atoms with van der Waals surface area (Å²) in [5.41, 5.74) is 6.64.